The summed E-state index contributed by atoms with van der Waals surface area (Å²) in [6, 6.07) is 11.6. The third-order valence-electron chi connectivity index (χ3n) is 6.62. The number of nitrogens with zero attached hydrogens (tertiary/aromatic N) is 4. The highest BCUT2D eigenvalue weighted by atomic mass is 16.5. The summed E-state index contributed by atoms with van der Waals surface area (Å²) in [7, 11) is 1.64. The minimum absolute atomic E-state index is 0.0619. The molecule has 1 saturated carbocycles. The molecule has 1 saturated heterocycles. The molecular weight excluding hydrogens is 418 g/mol. The van der Waals surface area contributed by atoms with Crippen molar-refractivity contribution in [2.45, 2.75) is 44.6 Å². The Morgan fingerprint density at radius 3 is 2.94 bits per heavy atom. The van der Waals surface area contributed by atoms with Gasteiger partial charge in [-0.05, 0) is 55.5 Å². The van der Waals surface area contributed by atoms with E-state index in [4.69, 9.17) is 9.26 Å². The van der Waals surface area contributed by atoms with Crippen molar-refractivity contribution in [2.24, 2.45) is 5.92 Å². The van der Waals surface area contributed by atoms with Gasteiger partial charge in [-0.15, -0.1) is 0 Å². The van der Waals surface area contributed by atoms with E-state index in [0.717, 1.165) is 60.8 Å². The summed E-state index contributed by atoms with van der Waals surface area (Å²) in [4.78, 5) is 24.4. The number of aromatic nitrogens is 3. The van der Waals surface area contributed by atoms with Crippen LogP contribution in [0.4, 0.5) is 5.82 Å². The topological polar surface area (TPSA) is 93.4 Å². The second kappa shape index (κ2) is 9.60. The molecule has 3 aromatic rings. The first-order chi connectivity index (χ1) is 16.2. The molecular formula is C25H29N5O3. The van der Waals surface area contributed by atoms with Crippen LogP contribution in [0.25, 0.3) is 11.4 Å². The number of pyridine rings is 1. The van der Waals surface area contributed by atoms with Gasteiger partial charge in [-0.2, -0.15) is 4.98 Å². The molecule has 3 heterocycles. The van der Waals surface area contributed by atoms with Crippen molar-refractivity contribution in [3.05, 3.63) is 54.0 Å². The van der Waals surface area contributed by atoms with Gasteiger partial charge in [0.25, 0.3) is 0 Å². The number of methoxy groups -OCH3 is 1. The van der Waals surface area contributed by atoms with Crippen molar-refractivity contribution < 1.29 is 14.1 Å². The molecule has 1 unspecified atom stereocenters. The van der Waals surface area contributed by atoms with Crippen molar-refractivity contribution in [3.8, 4) is 17.1 Å². The molecule has 8 nitrogen and oxygen atoms in total. The fraction of sp³-hybridized carbons (Fsp3) is 0.440. The second-order valence-corrected chi connectivity index (χ2v) is 8.81. The maximum atomic E-state index is 12.9. The van der Waals surface area contributed by atoms with E-state index in [2.05, 4.69) is 25.3 Å². The Hall–Kier alpha value is -3.42. The van der Waals surface area contributed by atoms with E-state index in [1.807, 2.05) is 36.4 Å². The molecule has 1 amide bonds. The molecule has 0 radical (unpaired) electrons. The Kier molecular flexibility index (Phi) is 6.24. The molecule has 1 atom stereocenters. The zero-order valence-corrected chi connectivity index (χ0v) is 18.9. The highest BCUT2D eigenvalue weighted by Crippen LogP contribution is 2.37. The first-order valence-corrected chi connectivity index (χ1v) is 11.7. The molecule has 0 bridgehead atoms. The monoisotopic (exact) mass is 447 g/mol. The first-order valence-electron chi connectivity index (χ1n) is 11.7. The average molecular weight is 448 g/mol. The summed E-state index contributed by atoms with van der Waals surface area (Å²) in [6.07, 6.45) is 7.00. The molecule has 2 aliphatic rings. The third-order valence-corrected chi connectivity index (χ3v) is 6.62. The minimum Gasteiger partial charge on any atom is -0.497 e. The van der Waals surface area contributed by atoms with E-state index in [9.17, 15) is 4.79 Å². The zero-order chi connectivity index (χ0) is 22.6. The normalized spacial score (nSPS) is 18.6. The second-order valence-electron chi connectivity index (χ2n) is 8.81. The van der Waals surface area contributed by atoms with E-state index < -0.39 is 0 Å². The van der Waals surface area contributed by atoms with Gasteiger partial charge in [0.15, 0.2) is 0 Å². The van der Waals surface area contributed by atoms with Crippen molar-refractivity contribution in [2.75, 3.05) is 25.1 Å². The smallest absolute Gasteiger partial charge is 0.230 e. The largest absolute Gasteiger partial charge is 0.497 e. The van der Waals surface area contributed by atoms with E-state index >= 15 is 0 Å². The summed E-state index contributed by atoms with van der Waals surface area (Å²) >= 11 is 0. The van der Waals surface area contributed by atoms with Crippen LogP contribution in [-0.4, -0.2) is 41.2 Å². The maximum absolute atomic E-state index is 12.9. The van der Waals surface area contributed by atoms with Crippen LogP contribution in [0.2, 0.25) is 0 Å². The lowest BCUT2D eigenvalue weighted by molar-refractivity contribution is -0.125. The van der Waals surface area contributed by atoms with Crippen LogP contribution in [0.5, 0.6) is 5.75 Å². The Bertz CT molecular complexity index is 1110. The fourth-order valence-corrected chi connectivity index (χ4v) is 4.49. The van der Waals surface area contributed by atoms with Gasteiger partial charge in [0.05, 0.1) is 18.6 Å². The molecule has 1 aliphatic heterocycles. The molecule has 2 fully saturated rings. The predicted octanol–water partition coefficient (Wildman–Crippen LogP) is 3.94. The highest BCUT2D eigenvalue weighted by molar-refractivity contribution is 5.80. The van der Waals surface area contributed by atoms with E-state index in [-0.39, 0.29) is 11.8 Å². The summed E-state index contributed by atoms with van der Waals surface area (Å²) < 4.78 is 10.8. The van der Waals surface area contributed by atoms with Crippen molar-refractivity contribution in [1.82, 2.24) is 20.4 Å². The lowest BCUT2D eigenvalue weighted by Gasteiger charge is -2.33. The van der Waals surface area contributed by atoms with Gasteiger partial charge in [-0.3, -0.25) is 4.79 Å². The summed E-state index contributed by atoms with van der Waals surface area (Å²) in [5.41, 5.74) is 1.87. The quantitative estimate of drug-likeness (QED) is 0.586. The molecule has 1 N–H and O–H groups in total. The van der Waals surface area contributed by atoms with Gasteiger partial charge in [-0.25, -0.2) is 4.98 Å². The van der Waals surface area contributed by atoms with Gasteiger partial charge >= 0.3 is 0 Å². The number of anilines is 1. The number of rotatable bonds is 7. The average Bonchev–Trinajstić information content (AvgIpc) is 3.31. The van der Waals surface area contributed by atoms with Crippen LogP contribution < -0.4 is 15.0 Å². The third kappa shape index (κ3) is 4.69. The zero-order valence-electron chi connectivity index (χ0n) is 18.9. The summed E-state index contributed by atoms with van der Waals surface area (Å²) in [5.74, 6) is 3.24. The number of nitrogens with one attached hydrogen (secondary N) is 1. The van der Waals surface area contributed by atoms with Gasteiger partial charge in [0.2, 0.25) is 17.6 Å². The molecule has 5 rings (SSSR count). The molecule has 2 aromatic heterocycles. The predicted molar refractivity (Wildman–Crippen MR) is 124 cm³/mol. The standard InChI is InChI=1S/C25H29N5O3/c1-32-20-10-2-6-17(14-20)15-27-24(31)19-9-5-13-30(16-19)23-21(11-4-12-26-23)22-28-25(33-29-22)18-7-3-8-18/h2,4,6,10-12,14,18-19H,3,5,7-9,13,15-16H2,1H3,(H,27,31). The number of ether oxygens (including phenoxy) is 1. The Labute approximate surface area is 193 Å². The van der Waals surface area contributed by atoms with Gasteiger partial charge in [-0.1, -0.05) is 23.7 Å². The van der Waals surface area contributed by atoms with Crippen LogP contribution in [0.1, 0.15) is 49.5 Å². The lowest BCUT2D eigenvalue weighted by Crippen LogP contribution is -2.43. The number of piperidine rings is 1. The van der Waals surface area contributed by atoms with Gasteiger partial charge in [0, 0.05) is 31.7 Å². The Morgan fingerprint density at radius 2 is 2.12 bits per heavy atom. The molecule has 1 aromatic carbocycles. The number of benzene rings is 1. The van der Waals surface area contributed by atoms with Crippen LogP contribution in [0, 0.1) is 5.92 Å². The van der Waals surface area contributed by atoms with Gasteiger partial charge < -0.3 is 19.5 Å². The first kappa shape index (κ1) is 21.4. The number of hydrogen-bond donors (Lipinski definition) is 1. The van der Waals surface area contributed by atoms with Crippen LogP contribution in [0.15, 0.2) is 47.1 Å². The van der Waals surface area contributed by atoms with E-state index in [1.165, 1.54) is 6.42 Å². The van der Waals surface area contributed by atoms with Crippen LogP contribution >= 0.6 is 0 Å². The number of carbonyl (C=O) groups is 1. The lowest BCUT2D eigenvalue weighted by atomic mass is 9.85. The van der Waals surface area contributed by atoms with Crippen LogP contribution in [-0.2, 0) is 11.3 Å². The molecule has 8 heteroatoms. The minimum atomic E-state index is -0.102. The SMILES string of the molecule is COc1cccc(CNC(=O)C2CCCN(c3ncccc3-c3noc(C4CCC4)n3)C2)c1. The Balaban J connectivity index is 1.27. The van der Waals surface area contributed by atoms with Crippen molar-refractivity contribution >= 4 is 11.7 Å². The number of carbonyl (C=O) groups excluding carboxylic acids is 1. The van der Waals surface area contributed by atoms with Crippen molar-refractivity contribution in [1.29, 1.82) is 0 Å². The molecule has 172 valence electrons. The van der Waals surface area contributed by atoms with Crippen molar-refractivity contribution in [3.63, 3.8) is 0 Å². The summed E-state index contributed by atoms with van der Waals surface area (Å²) in [6.45, 7) is 1.94. The molecule has 0 spiro atoms. The number of amides is 1. The van der Waals surface area contributed by atoms with Crippen LogP contribution in [0.3, 0.4) is 0 Å². The Morgan fingerprint density at radius 1 is 1.21 bits per heavy atom. The summed E-state index contributed by atoms with van der Waals surface area (Å²) in [5, 5.41) is 7.32. The van der Waals surface area contributed by atoms with E-state index in [0.29, 0.717) is 24.8 Å². The fourth-order valence-electron chi connectivity index (χ4n) is 4.49. The van der Waals surface area contributed by atoms with Gasteiger partial charge in [0.1, 0.15) is 11.6 Å². The molecule has 33 heavy (non-hydrogen) atoms. The number of hydrogen-bond acceptors (Lipinski definition) is 7. The van der Waals surface area contributed by atoms with E-state index in [1.54, 1.807) is 13.3 Å². The molecule has 1 aliphatic carbocycles. The highest BCUT2D eigenvalue weighted by Gasteiger charge is 2.30. The maximum Gasteiger partial charge on any atom is 0.230 e.